The molecule has 0 aromatic heterocycles. The van der Waals surface area contributed by atoms with Gasteiger partial charge in [0.25, 0.3) is 0 Å². The van der Waals surface area contributed by atoms with Crippen molar-refractivity contribution in [2.24, 2.45) is 10.9 Å². The molecule has 1 aromatic carbocycles. The van der Waals surface area contributed by atoms with Crippen LogP contribution in [0.3, 0.4) is 0 Å². The summed E-state index contributed by atoms with van der Waals surface area (Å²) in [6.45, 7) is 14.9. The first-order chi connectivity index (χ1) is 15.1. The van der Waals surface area contributed by atoms with Gasteiger partial charge in [-0.15, -0.1) is 24.0 Å². The number of rotatable bonds is 8. The molecule has 2 fully saturated rings. The van der Waals surface area contributed by atoms with Gasteiger partial charge in [-0.3, -0.25) is 14.8 Å². The number of piperazine rings is 1. The van der Waals surface area contributed by atoms with Gasteiger partial charge in [0, 0.05) is 77.7 Å². The fraction of sp³-hybridized carbons (Fsp3) is 0.696. The zero-order chi connectivity index (χ0) is 22.1. The molecule has 182 valence electrons. The smallest absolute Gasteiger partial charge is 0.191 e. The number of nitrogens with one attached hydrogen (secondary N) is 2. The summed E-state index contributed by atoms with van der Waals surface area (Å²) in [5.41, 5.74) is 1.10. The van der Waals surface area contributed by atoms with Crippen LogP contribution in [-0.4, -0.2) is 101 Å². The molecule has 1 aromatic rings. The summed E-state index contributed by atoms with van der Waals surface area (Å²) < 4.78 is 18.6. The molecule has 3 rings (SSSR count). The van der Waals surface area contributed by atoms with Crippen molar-refractivity contribution in [2.75, 3.05) is 84.1 Å². The van der Waals surface area contributed by atoms with Gasteiger partial charge >= 0.3 is 0 Å². The number of hydrogen-bond acceptors (Lipinski definition) is 5. The van der Waals surface area contributed by atoms with E-state index in [-0.39, 0.29) is 29.8 Å². The van der Waals surface area contributed by atoms with E-state index in [0.29, 0.717) is 12.0 Å². The predicted molar refractivity (Wildman–Crippen MR) is 141 cm³/mol. The van der Waals surface area contributed by atoms with E-state index < -0.39 is 0 Å². The average molecular weight is 563 g/mol. The highest BCUT2D eigenvalue weighted by molar-refractivity contribution is 14.0. The molecule has 0 amide bonds. The first-order valence-electron chi connectivity index (χ1n) is 11.6. The molecule has 0 saturated carbocycles. The molecule has 2 aliphatic rings. The van der Waals surface area contributed by atoms with Crippen LogP contribution in [0.1, 0.15) is 13.8 Å². The van der Waals surface area contributed by atoms with Crippen LogP contribution < -0.4 is 15.5 Å². The van der Waals surface area contributed by atoms with E-state index in [1.807, 2.05) is 19.2 Å². The lowest BCUT2D eigenvalue weighted by Gasteiger charge is -2.37. The second kappa shape index (κ2) is 14.2. The predicted octanol–water partition coefficient (Wildman–Crippen LogP) is 2.09. The molecule has 1 unspecified atom stereocenters. The van der Waals surface area contributed by atoms with Crippen LogP contribution in [-0.2, 0) is 4.74 Å². The van der Waals surface area contributed by atoms with Gasteiger partial charge in [-0.05, 0) is 30.2 Å². The summed E-state index contributed by atoms with van der Waals surface area (Å²) in [5, 5.41) is 6.98. The lowest BCUT2D eigenvalue weighted by Crippen LogP contribution is -2.53. The Morgan fingerprint density at radius 2 is 1.69 bits per heavy atom. The minimum absolute atomic E-state index is 0. The molecule has 2 heterocycles. The Morgan fingerprint density at radius 3 is 2.28 bits per heavy atom. The largest absolute Gasteiger partial charge is 0.379 e. The van der Waals surface area contributed by atoms with E-state index >= 15 is 0 Å². The van der Waals surface area contributed by atoms with Crippen LogP contribution >= 0.6 is 24.0 Å². The normalized spacial score (nSPS) is 19.5. The number of aliphatic imine (C=N–C) groups is 1. The standard InChI is InChI=1S/C23H39FN6O.HI/c1-19(2)22(30-14-16-31-17-15-30)18-27-23(25-3)26-8-9-28-10-12-29(13-11-28)21-6-4-20(24)5-7-21;/h4-7,19,22H,8-18H2,1-3H3,(H2,25,26,27);1H. The number of nitrogens with zero attached hydrogens (tertiary/aromatic N) is 4. The van der Waals surface area contributed by atoms with Gasteiger partial charge < -0.3 is 20.3 Å². The molecule has 2 saturated heterocycles. The topological polar surface area (TPSA) is 55.4 Å². The molecule has 7 nitrogen and oxygen atoms in total. The Kier molecular flexibility index (Phi) is 12.0. The first kappa shape index (κ1) is 27.1. The van der Waals surface area contributed by atoms with Crippen LogP contribution in [0.25, 0.3) is 0 Å². The molecule has 2 aliphatic heterocycles. The van der Waals surface area contributed by atoms with Gasteiger partial charge in [0.15, 0.2) is 5.96 Å². The minimum atomic E-state index is -0.180. The van der Waals surface area contributed by atoms with Crippen molar-refractivity contribution < 1.29 is 9.13 Å². The van der Waals surface area contributed by atoms with Gasteiger partial charge in [-0.2, -0.15) is 0 Å². The summed E-state index contributed by atoms with van der Waals surface area (Å²) in [7, 11) is 1.83. The summed E-state index contributed by atoms with van der Waals surface area (Å²) in [6, 6.07) is 7.27. The average Bonchev–Trinajstić information content (AvgIpc) is 2.79. The number of morpholine rings is 1. The van der Waals surface area contributed by atoms with E-state index in [0.717, 1.165) is 83.8 Å². The van der Waals surface area contributed by atoms with Gasteiger partial charge in [-0.25, -0.2) is 4.39 Å². The van der Waals surface area contributed by atoms with Crippen LogP contribution in [0.5, 0.6) is 0 Å². The van der Waals surface area contributed by atoms with E-state index in [4.69, 9.17) is 4.74 Å². The second-order valence-electron chi connectivity index (χ2n) is 8.64. The van der Waals surface area contributed by atoms with Crippen molar-refractivity contribution in [3.05, 3.63) is 30.1 Å². The lowest BCUT2D eigenvalue weighted by molar-refractivity contribution is 0.00752. The van der Waals surface area contributed by atoms with Crippen molar-refractivity contribution in [1.29, 1.82) is 0 Å². The lowest BCUT2D eigenvalue weighted by atomic mass is 10.0. The van der Waals surface area contributed by atoms with Crippen LogP contribution in [0.2, 0.25) is 0 Å². The third kappa shape index (κ3) is 8.31. The SMILES string of the molecule is CN=C(NCCN1CCN(c2ccc(F)cc2)CC1)NCC(C(C)C)N1CCOCC1.I. The maximum absolute atomic E-state index is 13.1. The molecule has 32 heavy (non-hydrogen) atoms. The second-order valence-corrected chi connectivity index (χ2v) is 8.64. The van der Waals surface area contributed by atoms with Crippen molar-refractivity contribution in [1.82, 2.24) is 20.4 Å². The molecular weight excluding hydrogens is 522 g/mol. The Hall–Kier alpha value is -1.17. The van der Waals surface area contributed by atoms with Crippen LogP contribution in [0.4, 0.5) is 10.1 Å². The molecule has 0 bridgehead atoms. The fourth-order valence-electron chi connectivity index (χ4n) is 4.33. The highest BCUT2D eigenvalue weighted by Gasteiger charge is 2.24. The monoisotopic (exact) mass is 562 g/mol. The molecule has 2 N–H and O–H groups in total. The summed E-state index contributed by atoms with van der Waals surface area (Å²) in [6.07, 6.45) is 0. The number of ether oxygens (including phenoxy) is 1. The molecule has 1 atom stereocenters. The Bertz CT molecular complexity index is 676. The Labute approximate surface area is 209 Å². The molecule has 0 radical (unpaired) electrons. The quantitative estimate of drug-likeness (QED) is 0.288. The van der Waals surface area contributed by atoms with Gasteiger partial charge in [0.1, 0.15) is 5.82 Å². The van der Waals surface area contributed by atoms with Gasteiger partial charge in [0.2, 0.25) is 0 Å². The van der Waals surface area contributed by atoms with Crippen molar-refractivity contribution in [3.63, 3.8) is 0 Å². The van der Waals surface area contributed by atoms with Crippen molar-refractivity contribution in [3.8, 4) is 0 Å². The summed E-state index contributed by atoms with van der Waals surface area (Å²) in [5.74, 6) is 1.25. The van der Waals surface area contributed by atoms with Gasteiger partial charge in [0.05, 0.1) is 13.2 Å². The van der Waals surface area contributed by atoms with Crippen LogP contribution in [0, 0.1) is 11.7 Å². The zero-order valence-corrected chi connectivity index (χ0v) is 22.1. The Morgan fingerprint density at radius 1 is 1.03 bits per heavy atom. The molecule has 9 heteroatoms. The maximum atomic E-state index is 13.1. The van der Waals surface area contributed by atoms with E-state index in [9.17, 15) is 4.39 Å². The van der Waals surface area contributed by atoms with Crippen LogP contribution in [0.15, 0.2) is 29.3 Å². The van der Waals surface area contributed by atoms with Crippen molar-refractivity contribution >= 4 is 35.6 Å². The summed E-state index contributed by atoms with van der Waals surface area (Å²) in [4.78, 5) is 11.7. The third-order valence-electron chi connectivity index (χ3n) is 6.27. The number of benzene rings is 1. The van der Waals surface area contributed by atoms with E-state index in [2.05, 4.69) is 44.2 Å². The maximum Gasteiger partial charge on any atom is 0.191 e. The number of anilines is 1. The third-order valence-corrected chi connectivity index (χ3v) is 6.27. The molecular formula is C23H40FIN6O. The van der Waals surface area contributed by atoms with E-state index in [1.165, 1.54) is 12.1 Å². The Balaban J connectivity index is 0.00000363. The minimum Gasteiger partial charge on any atom is -0.379 e. The molecule has 0 spiro atoms. The summed E-state index contributed by atoms with van der Waals surface area (Å²) >= 11 is 0. The van der Waals surface area contributed by atoms with Crippen molar-refractivity contribution in [2.45, 2.75) is 19.9 Å². The number of halogens is 2. The highest BCUT2D eigenvalue weighted by atomic mass is 127. The number of hydrogen-bond donors (Lipinski definition) is 2. The van der Waals surface area contributed by atoms with Gasteiger partial charge in [-0.1, -0.05) is 13.8 Å². The highest BCUT2D eigenvalue weighted by Crippen LogP contribution is 2.16. The fourth-order valence-corrected chi connectivity index (χ4v) is 4.33. The zero-order valence-electron chi connectivity index (χ0n) is 19.7. The molecule has 0 aliphatic carbocycles. The van der Waals surface area contributed by atoms with E-state index in [1.54, 1.807) is 0 Å². The first-order valence-corrected chi connectivity index (χ1v) is 11.6. The number of guanidine groups is 1.